The van der Waals surface area contributed by atoms with Crippen molar-refractivity contribution in [3.63, 3.8) is 0 Å². The number of hydrogen-bond acceptors (Lipinski definition) is 6. The third-order valence-corrected chi connectivity index (χ3v) is 5.87. The number of fused-ring (bicyclic) bond motifs is 1. The lowest BCUT2D eigenvalue weighted by Crippen LogP contribution is -2.50. The van der Waals surface area contributed by atoms with E-state index in [-0.39, 0.29) is 18.1 Å². The summed E-state index contributed by atoms with van der Waals surface area (Å²) >= 11 is 0. The molecule has 9 heteroatoms. The zero-order chi connectivity index (χ0) is 23.4. The number of hydrogen-bond donors (Lipinski definition) is 2. The molecule has 0 radical (unpaired) electrons. The fourth-order valence-electron chi connectivity index (χ4n) is 4.22. The minimum absolute atomic E-state index is 0.0698. The molecule has 0 aliphatic carbocycles. The van der Waals surface area contributed by atoms with Crippen LogP contribution < -0.4 is 10.5 Å². The van der Waals surface area contributed by atoms with Crippen LogP contribution in [0.3, 0.4) is 0 Å². The second kappa shape index (κ2) is 10.1. The molecule has 9 nitrogen and oxygen atoms in total. The summed E-state index contributed by atoms with van der Waals surface area (Å²) in [6.45, 7) is 11.6. The molecule has 3 N–H and O–H groups in total. The van der Waals surface area contributed by atoms with Crippen molar-refractivity contribution >= 4 is 28.8 Å². The van der Waals surface area contributed by atoms with Crippen LogP contribution in [0.4, 0.5) is 0 Å². The first-order valence-electron chi connectivity index (χ1n) is 11.4. The summed E-state index contributed by atoms with van der Waals surface area (Å²) in [5.41, 5.74) is 8.60. The fourth-order valence-corrected chi connectivity index (χ4v) is 4.22. The van der Waals surface area contributed by atoms with Crippen LogP contribution in [0.5, 0.6) is 5.75 Å². The molecule has 1 aromatic heterocycles. The average Bonchev–Trinajstić information content (AvgIpc) is 3.48. The number of H-pyrrole nitrogens is 1. The molecule has 33 heavy (non-hydrogen) atoms. The average molecular weight is 453 g/mol. The summed E-state index contributed by atoms with van der Waals surface area (Å²) in [7, 11) is 0. The lowest BCUT2D eigenvalue weighted by atomic mass is 10.1. The first-order valence-corrected chi connectivity index (χ1v) is 11.4. The highest BCUT2D eigenvalue weighted by molar-refractivity contribution is 5.92. The van der Waals surface area contributed by atoms with Gasteiger partial charge in [-0.15, -0.1) is 0 Å². The van der Waals surface area contributed by atoms with Crippen LogP contribution in [0.15, 0.2) is 41.5 Å². The molecule has 3 heterocycles. The number of nitrogens with zero attached hydrogens (tertiary/aromatic N) is 4. The number of carbonyl (C=O) groups excluding carboxylic acids is 1. The third-order valence-electron chi connectivity index (χ3n) is 5.87. The van der Waals surface area contributed by atoms with Gasteiger partial charge in [0.25, 0.3) is 5.91 Å². The van der Waals surface area contributed by atoms with Crippen LogP contribution in [0.2, 0.25) is 0 Å². The van der Waals surface area contributed by atoms with E-state index in [4.69, 9.17) is 15.2 Å². The summed E-state index contributed by atoms with van der Waals surface area (Å²) in [5, 5.41) is 8.41. The fraction of sp³-hybridized carbons (Fsp3) is 0.458. The maximum atomic E-state index is 12.6. The number of amides is 1. The van der Waals surface area contributed by atoms with E-state index < -0.39 is 0 Å². The monoisotopic (exact) mass is 452 g/mol. The Labute approximate surface area is 193 Å². The van der Waals surface area contributed by atoms with E-state index in [1.54, 1.807) is 0 Å². The van der Waals surface area contributed by atoms with Gasteiger partial charge in [0.15, 0.2) is 0 Å². The van der Waals surface area contributed by atoms with E-state index in [0.717, 1.165) is 35.2 Å². The van der Waals surface area contributed by atoms with Crippen molar-refractivity contribution in [2.24, 2.45) is 10.7 Å². The van der Waals surface area contributed by atoms with Crippen LogP contribution in [-0.4, -0.2) is 77.2 Å². The van der Waals surface area contributed by atoms with Crippen LogP contribution in [0, 0.1) is 0 Å². The maximum absolute atomic E-state index is 12.6. The summed E-state index contributed by atoms with van der Waals surface area (Å²) in [4.78, 5) is 21.0. The second-order valence-electron chi connectivity index (χ2n) is 8.56. The summed E-state index contributed by atoms with van der Waals surface area (Å²) in [5.74, 6) is 0.867. The molecular weight excluding hydrogens is 420 g/mol. The van der Waals surface area contributed by atoms with Gasteiger partial charge < -0.3 is 25.0 Å². The SMILES string of the molecule is C=C(/C=C(\N=C/N)c1n[nH]c2ccc(OC(C)C)cc12)N1CCN(C(=O)C2CCCO2)CC1. The zero-order valence-electron chi connectivity index (χ0n) is 19.3. The molecule has 2 aromatic rings. The number of rotatable bonds is 7. The maximum Gasteiger partial charge on any atom is 0.251 e. The third kappa shape index (κ3) is 5.19. The first kappa shape index (κ1) is 22.8. The van der Waals surface area contributed by atoms with Crippen LogP contribution in [0.25, 0.3) is 16.6 Å². The van der Waals surface area contributed by atoms with Gasteiger partial charge in [-0.05, 0) is 51.0 Å². The molecular formula is C24H32N6O3. The van der Waals surface area contributed by atoms with Crippen molar-refractivity contribution in [1.29, 1.82) is 0 Å². The Morgan fingerprint density at radius 2 is 2.09 bits per heavy atom. The van der Waals surface area contributed by atoms with E-state index in [0.29, 0.717) is 44.2 Å². The molecule has 0 spiro atoms. The van der Waals surface area contributed by atoms with Gasteiger partial charge in [-0.3, -0.25) is 9.89 Å². The van der Waals surface area contributed by atoms with Crippen LogP contribution in [-0.2, 0) is 9.53 Å². The van der Waals surface area contributed by atoms with E-state index in [9.17, 15) is 4.79 Å². The predicted molar refractivity (Wildman–Crippen MR) is 129 cm³/mol. The Kier molecular flexibility index (Phi) is 6.98. The number of nitrogens with one attached hydrogen (secondary N) is 1. The minimum atomic E-state index is -0.275. The number of aliphatic imine (C=N–C) groups is 1. The number of allylic oxidation sites excluding steroid dienone is 1. The van der Waals surface area contributed by atoms with Crippen molar-refractivity contribution in [3.05, 3.63) is 42.2 Å². The molecule has 176 valence electrons. The first-order chi connectivity index (χ1) is 16.0. The van der Waals surface area contributed by atoms with E-state index in [1.165, 1.54) is 6.34 Å². The van der Waals surface area contributed by atoms with E-state index >= 15 is 0 Å². The highest BCUT2D eigenvalue weighted by Gasteiger charge is 2.30. The normalized spacial score (nSPS) is 19.7. The van der Waals surface area contributed by atoms with Gasteiger partial charge in [-0.25, -0.2) is 4.99 Å². The topological polar surface area (TPSA) is 109 Å². The van der Waals surface area contributed by atoms with Gasteiger partial charge in [0, 0.05) is 43.9 Å². The van der Waals surface area contributed by atoms with Gasteiger partial charge >= 0.3 is 0 Å². The number of aromatic amines is 1. The molecule has 2 saturated heterocycles. The van der Waals surface area contributed by atoms with Crippen molar-refractivity contribution in [1.82, 2.24) is 20.0 Å². The number of aromatic nitrogens is 2. The number of carbonyl (C=O) groups is 1. The quantitative estimate of drug-likeness (QED) is 0.380. The smallest absolute Gasteiger partial charge is 0.251 e. The lowest BCUT2D eigenvalue weighted by molar-refractivity contribution is -0.142. The predicted octanol–water partition coefficient (Wildman–Crippen LogP) is 2.51. The number of benzene rings is 1. The molecule has 2 fully saturated rings. The molecule has 0 bridgehead atoms. The highest BCUT2D eigenvalue weighted by atomic mass is 16.5. The lowest BCUT2D eigenvalue weighted by Gasteiger charge is -2.37. The minimum Gasteiger partial charge on any atom is -0.491 e. The van der Waals surface area contributed by atoms with Crippen molar-refractivity contribution in [3.8, 4) is 5.75 Å². The zero-order valence-corrected chi connectivity index (χ0v) is 19.3. The van der Waals surface area contributed by atoms with Crippen molar-refractivity contribution in [2.45, 2.75) is 38.9 Å². The Balaban J connectivity index is 1.49. The van der Waals surface area contributed by atoms with Gasteiger partial charge in [-0.2, -0.15) is 5.10 Å². The Bertz CT molecular complexity index is 1060. The van der Waals surface area contributed by atoms with E-state index in [1.807, 2.05) is 43.0 Å². The molecule has 2 aliphatic rings. The van der Waals surface area contributed by atoms with Gasteiger partial charge in [-0.1, -0.05) is 6.58 Å². The standard InChI is InChI=1S/C24H32N6O3/c1-16(2)33-18-6-7-20-19(14-18)23(28-27-20)21(26-15-25)13-17(3)29-8-10-30(11-9-29)24(31)22-5-4-12-32-22/h6-7,13-16,22H,3-5,8-12H2,1-2H3,(H2,25,26)(H,27,28)/b21-13-. The number of nitrogens with two attached hydrogens (primary N) is 1. The number of ether oxygens (including phenoxy) is 2. The Morgan fingerprint density at radius 1 is 1.33 bits per heavy atom. The summed E-state index contributed by atoms with van der Waals surface area (Å²) in [6.07, 6.45) is 4.70. The van der Waals surface area contributed by atoms with E-state index in [2.05, 4.69) is 26.7 Å². The van der Waals surface area contributed by atoms with Crippen LogP contribution >= 0.6 is 0 Å². The van der Waals surface area contributed by atoms with Gasteiger partial charge in [0.05, 0.1) is 23.7 Å². The number of piperazine rings is 1. The Morgan fingerprint density at radius 3 is 2.76 bits per heavy atom. The molecule has 1 aromatic carbocycles. The molecule has 1 unspecified atom stereocenters. The second-order valence-corrected chi connectivity index (χ2v) is 8.56. The summed E-state index contributed by atoms with van der Waals surface area (Å²) < 4.78 is 11.4. The van der Waals surface area contributed by atoms with Crippen molar-refractivity contribution < 1.29 is 14.3 Å². The Hall–Kier alpha value is -3.33. The van der Waals surface area contributed by atoms with Gasteiger partial charge in [0.1, 0.15) is 17.5 Å². The van der Waals surface area contributed by atoms with Crippen molar-refractivity contribution in [2.75, 3.05) is 32.8 Å². The van der Waals surface area contributed by atoms with Gasteiger partial charge in [0.2, 0.25) is 0 Å². The molecule has 4 rings (SSSR count). The molecule has 1 amide bonds. The molecule has 2 aliphatic heterocycles. The molecule has 1 atom stereocenters. The highest BCUT2D eigenvalue weighted by Crippen LogP contribution is 2.29. The molecule has 0 saturated carbocycles. The van der Waals surface area contributed by atoms with Crippen LogP contribution in [0.1, 0.15) is 32.4 Å². The largest absolute Gasteiger partial charge is 0.491 e. The summed E-state index contributed by atoms with van der Waals surface area (Å²) in [6, 6.07) is 5.80.